The van der Waals surface area contributed by atoms with Gasteiger partial charge in [-0.1, -0.05) is 36.8 Å². The Balaban J connectivity index is 1.37. The summed E-state index contributed by atoms with van der Waals surface area (Å²) < 4.78 is 7.61. The second kappa shape index (κ2) is 10.5. The maximum Gasteiger partial charge on any atom is 0.249 e. The molecule has 0 atom stereocenters. The molecule has 2 aliphatic rings. The number of pyridine rings is 1. The van der Waals surface area contributed by atoms with Crippen molar-refractivity contribution in [3.8, 4) is 28.1 Å². The number of carbonyl (C=O) groups is 2. The van der Waals surface area contributed by atoms with Gasteiger partial charge in [-0.05, 0) is 54.3 Å². The fraction of sp³-hybridized carbons (Fsp3) is 0.323. The predicted molar refractivity (Wildman–Crippen MR) is 150 cm³/mol. The number of benzene rings is 2. The molecule has 2 aromatic carbocycles. The van der Waals surface area contributed by atoms with Gasteiger partial charge in [0.1, 0.15) is 11.4 Å². The molecule has 0 unspecified atom stereocenters. The lowest BCUT2D eigenvalue weighted by Gasteiger charge is -2.38. The van der Waals surface area contributed by atoms with Crippen LogP contribution in [-0.2, 0) is 11.3 Å². The van der Waals surface area contributed by atoms with E-state index in [-0.39, 0.29) is 5.92 Å². The molecule has 6 rings (SSSR count). The highest BCUT2D eigenvalue weighted by atomic mass is 16.5. The monoisotopic (exact) mass is 523 g/mol. The van der Waals surface area contributed by atoms with E-state index < -0.39 is 5.91 Å². The van der Waals surface area contributed by atoms with Crippen molar-refractivity contribution >= 4 is 17.5 Å². The van der Waals surface area contributed by atoms with Crippen molar-refractivity contribution in [1.82, 2.24) is 19.2 Å². The zero-order valence-electron chi connectivity index (χ0n) is 22.2. The van der Waals surface area contributed by atoms with E-state index in [4.69, 9.17) is 15.5 Å². The SMILES string of the molecule is COc1cccc(-c2nc3ccc(-c4ccccc4C(N)=O)cn3c2CN2CCN(C(=O)C3CCC3)CC2)c1. The third kappa shape index (κ3) is 4.88. The van der Waals surface area contributed by atoms with Crippen LogP contribution in [0.25, 0.3) is 28.0 Å². The Labute approximate surface area is 228 Å². The summed E-state index contributed by atoms with van der Waals surface area (Å²) in [5, 5.41) is 0. The Hall–Kier alpha value is -4.17. The fourth-order valence-electron chi connectivity index (χ4n) is 5.61. The number of fused-ring (bicyclic) bond motifs is 1. The average Bonchev–Trinajstić information content (AvgIpc) is 3.30. The normalized spacial score (nSPS) is 16.3. The number of aromatic nitrogens is 2. The lowest BCUT2D eigenvalue weighted by Crippen LogP contribution is -2.50. The number of piperazine rings is 1. The minimum atomic E-state index is -0.456. The van der Waals surface area contributed by atoms with E-state index in [2.05, 4.69) is 9.30 Å². The number of imidazole rings is 1. The topological polar surface area (TPSA) is 93.2 Å². The molecule has 0 radical (unpaired) electrons. The van der Waals surface area contributed by atoms with Crippen molar-refractivity contribution in [2.75, 3.05) is 33.3 Å². The highest BCUT2D eigenvalue weighted by Crippen LogP contribution is 2.32. The zero-order valence-corrected chi connectivity index (χ0v) is 22.2. The largest absolute Gasteiger partial charge is 0.497 e. The minimum Gasteiger partial charge on any atom is -0.497 e. The summed E-state index contributed by atoms with van der Waals surface area (Å²) in [5.74, 6) is 0.875. The fourth-order valence-corrected chi connectivity index (χ4v) is 5.61. The zero-order chi connectivity index (χ0) is 26.9. The molecule has 2 N–H and O–H groups in total. The van der Waals surface area contributed by atoms with E-state index in [0.29, 0.717) is 18.0 Å². The number of hydrogen-bond acceptors (Lipinski definition) is 5. The first-order valence-corrected chi connectivity index (χ1v) is 13.6. The Morgan fingerprint density at radius 1 is 0.974 bits per heavy atom. The number of carbonyl (C=O) groups excluding carboxylic acids is 2. The van der Waals surface area contributed by atoms with Crippen molar-refractivity contribution in [2.24, 2.45) is 11.7 Å². The maximum atomic E-state index is 12.8. The van der Waals surface area contributed by atoms with E-state index >= 15 is 0 Å². The first-order chi connectivity index (χ1) is 19.0. The Morgan fingerprint density at radius 2 is 1.77 bits per heavy atom. The Bertz CT molecular complexity index is 1530. The van der Waals surface area contributed by atoms with Gasteiger partial charge in [0.15, 0.2) is 0 Å². The first-order valence-electron chi connectivity index (χ1n) is 13.6. The van der Waals surface area contributed by atoms with Crippen molar-refractivity contribution in [1.29, 1.82) is 0 Å². The van der Waals surface area contributed by atoms with Crippen LogP contribution in [0.3, 0.4) is 0 Å². The average molecular weight is 524 g/mol. The van der Waals surface area contributed by atoms with E-state index in [1.807, 2.05) is 65.7 Å². The molecular formula is C31H33N5O3. The molecule has 3 heterocycles. The molecule has 0 spiro atoms. The van der Waals surface area contributed by atoms with Crippen LogP contribution in [0.15, 0.2) is 66.9 Å². The summed E-state index contributed by atoms with van der Waals surface area (Å²) in [6.07, 6.45) is 5.28. The standard InChI is InChI=1S/C31H33N5O3/c1-39-24-9-5-8-22(18-24)29-27(20-34-14-16-35(17-15-34)31(38)21-6-4-7-21)36-19-23(12-13-28(36)33-29)25-10-2-3-11-26(25)30(32)37/h2-3,5,8-13,18-19,21H,4,6-7,14-17,20H2,1H3,(H2,32,37). The van der Waals surface area contributed by atoms with Gasteiger partial charge in [-0.2, -0.15) is 0 Å². The summed E-state index contributed by atoms with van der Waals surface area (Å²) >= 11 is 0. The molecule has 4 aromatic rings. The van der Waals surface area contributed by atoms with Gasteiger partial charge in [-0.15, -0.1) is 0 Å². The molecule has 1 aliphatic heterocycles. The van der Waals surface area contributed by atoms with Crippen LogP contribution in [0.1, 0.15) is 35.3 Å². The van der Waals surface area contributed by atoms with Gasteiger partial charge in [-0.3, -0.25) is 14.5 Å². The third-order valence-electron chi connectivity index (χ3n) is 8.08. The molecule has 2 fully saturated rings. The summed E-state index contributed by atoms with van der Waals surface area (Å²) in [6.45, 7) is 3.80. The molecule has 2 amide bonds. The van der Waals surface area contributed by atoms with E-state index in [0.717, 1.165) is 78.5 Å². The molecular weight excluding hydrogens is 490 g/mol. The molecule has 8 heteroatoms. The molecule has 1 saturated heterocycles. The Morgan fingerprint density at radius 3 is 2.49 bits per heavy atom. The van der Waals surface area contributed by atoms with Crippen LogP contribution >= 0.6 is 0 Å². The lowest BCUT2D eigenvalue weighted by molar-refractivity contribution is -0.140. The summed E-state index contributed by atoms with van der Waals surface area (Å²) in [6, 6.07) is 19.3. The highest BCUT2D eigenvalue weighted by molar-refractivity contribution is 5.99. The predicted octanol–water partition coefficient (Wildman–Crippen LogP) is 4.22. The number of primary amides is 1. The molecule has 200 valence electrons. The van der Waals surface area contributed by atoms with Gasteiger partial charge < -0.3 is 19.8 Å². The number of methoxy groups -OCH3 is 1. The molecule has 2 aromatic heterocycles. The van der Waals surface area contributed by atoms with Crippen LogP contribution < -0.4 is 10.5 Å². The third-order valence-corrected chi connectivity index (χ3v) is 8.08. The van der Waals surface area contributed by atoms with Crippen LogP contribution in [0.2, 0.25) is 0 Å². The second-order valence-electron chi connectivity index (χ2n) is 10.4. The number of nitrogens with two attached hydrogens (primary N) is 1. The quantitative estimate of drug-likeness (QED) is 0.392. The van der Waals surface area contributed by atoms with E-state index in [9.17, 15) is 9.59 Å². The van der Waals surface area contributed by atoms with Crippen molar-refractivity contribution in [3.05, 3.63) is 78.1 Å². The van der Waals surface area contributed by atoms with Crippen LogP contribution in [0.5, 0.6) is 5.75 Å². The van der Waals surface area contributed by atoms with Crippen molar-refractivity contribution < 1.29 is 14.3 Å². The molecule has 39 heavy (non-hydrogen) atoms. The first kappa shape index (κ1) is 25.1. The van der Waals surface area contributed by atoms with E-state index in [1.165, 1.54) is 6.42 Å². The number of rotatable bonds is 7. The smallest absolute Gasteiger partial charge is 0.249 e. The van der Waals surface area contributed by atoms with Crippen LogP contribution in [0, 0.1) is 5.92 Å². The van der Waals surface area contributed by atoms with Crippen LogP contribution in [0.4, 0.5) is 0 Å². The van der Waals surface area contributed by atoms with Gasteiger partial charge in [-0.25, -0.2) is 4.98 Å². The molecule has 0 bridgehead atoms. The van der Waals surface area contributed by atoms with Gasteiger partial charge >= 0.3 is 0 Å². The van der Waals surface area contributed by atoms with Gasteiger partial charge in [0.25, 0.3) is 0 Å². The second-order valence-corrected chi connectivity index (χ2v) is 10.4. The van der Waals surface area contributed by atoms with Crippen molar-refractivity contribution in [2.45, 2.75) is 25.8 Å². The molecule has 8 nitrogen and oxygen atoms in total. The van der Waals surface area contributed by atoms with Gasteiger partial charge in [0.2, 0.25) is 11.8 Å². The number of nitrogens with zero attached hydrogens (tertiary/aromatic N) is 4. The molecule has 1 saturated carbocycles. The molecule has 1 aliphatic carbocycles. The highest BCUT2D eigenvalue weighted by Gasteiger charge is 2.31. The summed E-state index contributed by atoms with van der Waals surface area (Å²) in [5.41, 5.74) is 11.6. The maximum absolute atomic E-state index is 12.8. The van der Waals surface area contributed by atoms with E-state index in [1.54, 1.807) is 13.2 Å². The summed E-state index contributed by atoms with van der Waals surface area (Å²) in [4.78, 5) is 34.4. The Kier molecular flexibility index (Phi) is 6.79. The van der Waals surface area contributed by atoms with Crippen LogP contribution in [-0.4, -0.2) is 64.3 Å². The lowest BCUT2D eigenvalue weighted by atomic mass is 9.84. The number of amides is 2. The van der Waals surface area contributed by atoms with Gasteiger partial charge in [0, 0.05) is 56.0 Å². The minimum absolute atomic E-state index is 0.233. The number of hydrogen-bond donors (Lipinski definition) is 1. The summed E-state index contributed by atoms with van der Waals surface area (Å²) in [7, 11) is 1.66. The van der Waals surface area contributed by atoms with Crippen molar-refractivity contribution in [3.63, 3.8) is 0 Å². The number of ether oxygens (including phenoxy) is 1. The van der Waals surface area contributed by atoms with Gasteiger partial charge in [0.05, 0.1) is 18.5 Å².